The number of nitrogens with zero attached hydrogens (tertiary/aromatic N) is 5. The molecule has 2 amide bonds. The zero-order chi connectivity index (χ0) is 28.4. The highest BCUT2D eigenvalue weighted by atomic mass is 16.3. The van der Waals surface area contributed by atoms with Gasteiger partial charge in [-0.3, -0.25) is 9.59 Å². The van der Waals surface area contributed by atoms with E-state index < -0.39 is 18.6 Å². The third kappa shape index (κ3) is 5.13. The number of aliphatic hydroxyl groups excluding tert-OH is 2. The van der Waals surface area contributed by atoms with Gasteiger partial charge in [0.25, 0.3) is 5.91 Å². The molecule has 5 N–H and O–H groups in total. The van der Waals surface area contributed by atoms with Crippen LogP contribution in [0.2, 0.25) is 0 Å². The lowest BCUT2D eigenvalue weighted by Gasteiger charge is -2.37. The smallest absolute Gasteiger partial charge is 0.256 e. The molecule has 0 aliphatic carbocycles. The van der Waals surface area contributed by atoms with Crippen LogP contribution in [0.25, 0.3) is 16.6 Å². The lowest BCUT2D eigenvalue weighted by Crippen LogP contribution is -2.49. The highest BCUT2D eigenvalue weighted by Gasteiger charge is 2.38. The predicted octanol–water partition coefficient (Wildman–Crippen LogP) is 2.66. The van der Waals surface area contributed by atoms with Gasteiger partial charge in [-0.2, -0.15) is 5.10 Å². The van der Waals surface area contributed by atoms with Gasteiger partial charge < -0.3 is 26.2 Å². The van der Waals surface area contributed by atoms with Crippen LogP contribution >= 0.6 is 0 Å². The van der Waals surface area contributed by atoms with Crippen molar-refractivity contribution in [3.8, 4) is 5.69 Å². The Morgan fingerprint density at radius 2 is 1.82 bits per heavy atom. The van der Waals surface area contributed by atoms with Crippen molar-refractivity contribution < 1.29 is 19.8 Å². The van der Waals surface area contributed by atoms with Gasteiger partial charge in [-0.05, 0) is 74.7 Å². The zero-order valence-corrected chi connectivity index (χ0v) is 22.5. The molecule has 0 unspecified atom stereocenters. The summed E-state index contributed by atoms with van der Waals surface area (Å²) >= 11 is 0. The molecule has 4 aromatic rings. The number of likely N-dealkylation sites (tertiary alicyclic amines) is 1. The minimum absolute atomic E-state index is 0.0724. The van der Waals surface area contributed by atoms with E-state index in [4.69, 9.17) is 10.8 Å². The first-order valence-electron chi connectivity index (χ1n) is 13.2. The van der Waals surface area contributed by atoms with E-state index in [1.807, 2.05) is 19.1 Å². The number of aliphatic hydroxyl groups is 2. The van der Waals surface area contributed by atoms with Crippen LogP contribution in [-0.4, -0.2) is 73.0 Å². The molecule has 0 spiro atoms. The number of nitrogens with two attached hydrogens (primary N) is 1. The van der Waals surface area contributed by atoms with Crippen molar-refractivity contribution in [1.29, 1.82) is 0 Å². The third-order valence-electron chi connectivity index (χ3n) is 7.49. The van der Waals surface area contributed by atoms with Gasteiger partial charge in [0, 0.05) is 42.4 Å². The number of piperidine rings is 1. The number of amides is 2. The number of hydrogen-bond donors (Lipinski definition) is 4. The maximum absolute atomic E-state index is 13.1. The first kappa shape index (κ1) is 27.2. The number of pyridine rings is 2. The number of nitrogens with one attached hydrogen (secondary N) is 1. The van der Waals surface area contributed by atoms with E-state index in [1.165, 1.54) is 0 Å². The van der Waals surface area contributed by atoms with E-state index in [-0.39, 0.29) is 17.7 Å². The average molecular weight is 544 g/mol. The lowest BCUT2D eigenvalue weighted by atomic mass is 9.87. The number of hydrogen-bond acceptors (Lipinski definition) is 8. The van der Waals surface area contributed by atoms with Crippen LogP contribution in [0.5, 0.6) is 0 Å². The van der Waals surface area contributed by atoms with E-state index in [0.29, 0.717) is 41.5 Å². The number of aromatic nitrogens is 4. The lowest BCUT2D eigenvalue weighted by molar-refractivity contribution is -0.147. The van der Waals surface area contributed by atoms with Gasteiger partial charge in [-0.15, -0.1) is 0 Å². The van der Waals surface area contributed by atoms with Crippen molar-refractivity contribution in [2.24, 2.45) is 5.41 Å². The summed E-state index contributed by atoms with van der Waals surface area (Å²) in [4.78, 5) is 36.1. The number of benzene rings is 1. The fourth-order valence-electron chi connectivity index (χ4n) is 5.10. The van der Waals surface area contributed by atoms with Crippen LogP contribution in [0, 0.1) is 12.3 Å². The van der Waals surface area contributed by atoms with Gasteiger partial charge in [0.15, 0.2) is 0 Å². The molecule has 1 aliphatic rings. The fraction of sp³-hybridized carbons (Fsp3) is 0.345. The first-order valence-corrected chi connectivity index (χ1v) is 13.2. The Labute approximate surface area is 231 Å². The van der Waals surface area contributed by atoms with Gasteiger partial charge in [0.2, 0.25) is 5.91 Å². The van der Waals surface area contributed by atoms with E-state index in [0.717, 1.165) is 29.5 Å². The second-order valence-electron chi connectivity index (χ2n) is 10.6. The SMILES string of the molecule is Cc1ccnc(NC(=O)c2ccc(-n3nc([C@@H]4CCCN(C(=O)C(C)(CO)CO)C4)c4ccnc(N)c43)cc2)c1. The molecule has 1 fully saturated rings. The average Bonchev–Trinajstić information content (AvgIpc) is 3.37. The molecule has 5 rings (SSSR count). The number of carbonyl (C=O) groups is 2. The van der Waals surface area contributed by atoms with E-state index >= 15 is 0 Å². The van der Waals surface area contributed by atoms with E-state index in [1.54, 1.807) is 59.2 Å². The summed E-state index contributed by atoms with van der Waals surface area (Å²) in [6.45, 7) is 3.59. The molecule has 11 nitrogen and oxygen atoms in total. The Balaban J connectivity index is 1.44. The molecular weight excluding hydrogens is 510 g/mol. The van der Waals surface area contributed by atoms with Crippen molar-refractivity contribution in [2.75, 3.05) is 37.4 Å². The molecule has 0 saturated carbocycles. The van der Waals surface area contributed by atoms with Crippen molar-refractivity contribution in [2.45, 2.75) is 32.6 Å². The number of fused-ring (bicyclic) bond motifs is 1. The largest absolute Gasteiger partial charge is 0.395 e. The number of nitrogen functional groups attached to an aromatic ring is 1. The van der Waals surface area contributed by atoms with E-state index in [2.05, 4.69) is 15.3 Å². The van der Waals surface area contributed by atoms with Gasteiger partial charge >= 0.3 is 0 Å². The Kier molecular flexibility index (Phi) is 7.51. The van der Waals surface area contributed by atoms with Crippen LogP contribution in [0.4, 0.5) is 11.6 Å². The standard InChI is InChI=1S/C29H33N7O4/c1-18-9-11-31-23(14-18)33-27(39)19-5-7-21(8-6-19)36-25-22(10-12-32-26(25)30)24(34-36)20-4-3-13-35(15-20)28(40)29(2,16-37)17-38/h5-12,14,20,37-38H,3-4,13,15-17H2,1-2H3,(H2,30,32)(H,31,33,39)/t20-/m1/s1. The Morgan fingerprint density at radius 1 is 1.10 bits per heavy atom. The molecular formula is C29H33N7O4. The second kappa shape index (κ2) is 11.0. The summed E-state index contributed by atoms with van der Waals surface area (Å²) in [7, 11) is 0. The van der Waals surface area contributed by atoms with Gasteiger partial charge in [0.1, 0.15) is 17.2 Å². The minimum atomic E-state index is -1.24. The van der Waals surface area contributed by atoms with Gasteiger partial charge in [-0.1, -0.05) is 0 Å². The summed E-state index contributed by atoms with van der Waals surface area (Å²) in [5, 5.41) is 28.1. The second-order valence-corrected chi connectivity index (χ2v) is 10.6. The Morgan fingerprint density at radius 3 is 2.52 bits per heavy atom. The highest BCUT2D eigenvalue weighted by Crippen LogP contribution is 2.35. The Bertz CT molecular complexity index is 1550. The van der Waals surface area contributed by atoms with Crippen LogP contribution in [0.3, 0.4) is 0 Å². The predicted molar refractivity (Wildman–Crippen MR) is 151 cm³/mol. The molecule has 1 saturated heterocycles. The summed E-state index contributed by atoms with van der Waals surface area (Å²) in [6, 6.07) is 12.5. The summed E-state index contributed by atoms with van der Waals surface area (Å²) in [5.41, 5.74) is 8.70. The normalized spacial score (nSPS) is 15.8. The molecule has 40 heavy (non-hydrogen) atoms. The molecule has 1 aliphatic heterocycles. The monoisotopic (exact) mass is 543 g/mol. The maximum Gasteiger partial charge on any atom is 0.256 e. The summed E-state index contributed by atoms with van der Waals surface area (Å²) in [6.07, 6.45) is 4.86. The third-order valence-corrected chi connectivity index (χ3v) is 7.49. The molecule has 0 bridgehead atoms. The number of carbonyl (C=O) groups excluding carboxylic acids is 2. The molecule has 4 heterocycles. The number of rotatable bonds is 7. The Hall–Kier alpha value is -4.35. The zero-order valence-electron chi connectivity index (χ0n) is 22.5. The number of anilines is 2. The van der Waals surface area contributed by atoms with Gasteiger partial charge in [-0.25, -0.2) is 14.6 Å². The first-order chi connectivity index (χ1) is 19.2. The van der Waals surface area contributed by atoms with Crippen LogP contribution < -0.4 is 11.1 Å². The van der Waals surface area contributed by atoms with Gasteiger partial charge in [0.05, 0.1) is 30.0 Å². The van der Waals surface area contributed by atoms with Crippen LogP contribution in [-0.2, 0) is 4.79 Å². The fourth-order valence-corrected chi connectivity index (χ4v) is 5.10. The minimum Gasteiger partial charge on any atom is -0.395 e. The van der Waals surface area contributed by atoms with E-state index in [9.17, 15) is 19.8 Å². The highest BCUT2D eigenvalue weighted by molar-refractivity contribution is 6.04. The van der Waals surface area contributed by atoms with Crippen LogP contribution in [0.15, 0.2) is 54.9 Å². The summed E-state index contributed by atoms with van der Waals surface area (Å²) < 4.78 is 1.73. The molecule has 1 atom stereocenters. The van der Waals surface area contributed by atoms with Crippen molar-refractivity contribution >= 4 is 34.4 Å². The van der Waals surface area contributed by atoms with Crippen LogP contribution in [0.1, 0.15) is 47.3 Å². The topological polar surface area (TPSA) is 159 Å². The molecule has 0 radical (unpaired) electrons. The summed E-state index contributed by atoms with van der Waals surface area (Å²) in [5.74, 6) is 0.176. The molecule has 11 heteroatoms. The van der Waals surface area contributed by atoms with Crippen molar-refractivity contribution in [1.82, 2.24) is 24.6 Å². The quantitative estimate of drug-likeness (QED) is 0.277. The molecule has 208 valence electrons. The molecule has 1 aromatic carbocycles. The van der Waals surface area contributed by atoms with Crippen molar-refractivity contribution in [3.63, 3.8) is 0 Å². The number of aryl methyl sites for hydroxylation is 1. The van der Waals surface area contributed by atoms with Crippen molar-refractivity contribution in [3.05, 3.63) is 71.7 Å². The maximum atomic E-state index is 13.1. The molecule has 3 aromatic heterocycles.